The molecule has 1 aromatic carbocycles. The molecule has 0 aliphatic carbocycles. The number of hydrogen-bond donors (Lipinski definition) is 1. The SMILES string of the molecule is COc1ccc2[nH]c(=O)c(S(F)(F)(F)(F)F)cc2c1. The van der Waals surface area contributed by atoms with Crippen molar-refractivity contribution in [1.29, 1.82) is 0 Å². The van der Waals surface area contributed by atoms with Gasteiger partial charge in [0.1, 0.15) is 5.75 Å². The maximum atomic E-state index is 12.7. The minimum Gasteiger partial charge on any atom is -0.497 e. The van der Waals surface area contributed by atoms with E-state index >= 15 is 0 Å². The van der Waals surface area contributed by atoms with Gasteiger partial charge in [-0.1, -0.05) is 19.4 Å². The number of benzene rings is 1. The third-order valence-electron chi connectivity index (χ3n) is 2.43. The van der Waals surface area contributed by atoms with Crippen LogP contribution in [0.1, 0.15) is 0 Å². The highest BCUT2D eigenvalue weighted by Gasteiger charge is 2.67. The Bertz CT molecular complexity index is 722. The van der Waals surface area contributed by atoms with Crippen molar-refractivity contribution in [3.8, 4) is 5.75 Å². The van der Waals surface area contributed by atoms with Gasteiger partial charge in [-0.05, 0) is 24.3 Å². The molecule has 0 saturated heterocycles. The van der Waals surface area contributed by atoms with Gasteiger partial charge in [0.15, 0.2) is 4.90 Å². The average Bonchev–Trinajstić information content (AvgIpc) is 2.24. The van der Waals surface area contributed by atoms with Crippen LogP contribution in [0.5, 0.6) is 5.75 Å². The normalized spacial score (nSPS) is 15.9. The quantitative estimate of drug-likeness (QED) is 0.845. The number of ether oxygens (including phenoxy) is 1. The second-order valence-corrected chi connectivity index (χ2v) is 6.26. The van der Waals surface area contributed by atoms with Crippen LogP contribution in [-0.4, -0.2) is 12.1 Å². The van der Waals surface area contributed by atoms with Crippen LogP contribution >= 0.6 is 10.2 Å². The van der Waals surface area contributed by atoms with Crippen molar-refractivity contribution in [2.45, 2.75) is 4.90 Å². The molecule has 0 atom stereocenters. The van der Waals surface area contributed by atoms with Crippen LogP contribution in [0.25, 0.3) is 10.9 Å². The van der Waals surface area contributed by atoms with E-state index in [1.807, 2.05) is 0 Å². The van der Waals surface area contributed by atoms with Crippen LogP contribution in [0.15, 0.2) is 34.0 Å². The summed E-state index contributed by atoms with van der Waals surface area (Å²) in [5, 5.41) is -0.192. The summed E-state index contributed by atoms with van der Waals surface area (Å²) in [4.78, 5) is 10.5. The van der Waals surface area contributed by atoms with Gasteiger partial charge >= 0.3 is 10.2 Å². The van der Waals surface area contributed by atoms with Crippen molar-refractivity contribution in [3.63, 3.8) is 0 Å². The molecule has 0 saturated carbocycles. The number of pyridine rings is 1. The largest absolute Gasteiger partial charge is 0.497 e. The molecule has 0 fully saturated rings. The first-order valence-corrected chi connectivity index (χ1v) is 6.81. The number of hydrogen-bond acceptors (Lipinski definition) is 2. The van der Waals surface area contributed by atoms with E-state index in [1.54, 1.807) is 4.98 Å². The monoisotopic (exact) mass is 301 g/mol. The third-order valence-corrected chi connectivity index (χ3v) is 3.57. The van der Waals surface area contributed by atoms with Gasteiger partial charge in [-0.15, -0.1) is 0 Å². The first kappa shape index (κ1) is 13.7. The fourth-order valence-corrected chi connectivity index (χ4v) is 2.33. The summed E-state index contributed by atoms with van der Waals surface area (Å²) in [5.74, 6) is 0.188. The number of halogens is 5. The van der Waals surface area contributed by atoms with Gasteiger partial charge in [0.25, 0.3) is 5.56 Å². The molecule has 0 radical (unpaired) electrons. The lowest BCUT2D eigenvalue weighted by Gasteiger charge is -2.39. The molecule has 9 heteroatoms. The molecule has 0 aliphatic heterocycles. The highest BCUT2D eigenvalue weighted by atomic mass is 32.5. The third kappa shape index (κ3) is 2.65. The van der Waals surface area contributed by atoms with E-state index in [2.05, 4.69) is 0 Å². The highest BCUT2D eigenvalue weighted by Crippen LogP contribution is 3.01. The molecule has 0 unspecified atom stereocenters. The minimum atomic E-state index is -10.0. The van der Waals surface area contributed by atoms with Gasteiger partial charge in [-0.2, -0.15) is 0 Å². The molecule has 2 rings (SSSR count). The van der Waals surface area contributed by atoms with E-state index < -0.39 is 20.7 Å². The molecular formula is C10H8F5NO2S. The van der Waals surface area contributed by atoms with Crippen molar-refractivity contribution in [1.82, 2.24) is 4.98 Å². The number of nitrogens with one attached hydrogen (secondary N) is 1. The Kier molecular flexibility index (Phi) is 2.31. The number of aromatic amines is 1. The molecule has 1 aromatic heterocycles. The molecular weight excluding hydrogens is 293 g/mol. The van der Waals surface area contributed by atoms with E-state index in [9.17, 15) is 24.2 Å². The topological polar surface area (TPSA) is 42.1 Å². The van der Waals surface area contributed by atoms with Crippen molar-refractivity contribution in [3.05, 3.63) is 34.6 Å². The summed E-state index contributed by atoms with van der Waals surface area (Å²) in [6, 6.07) is 3.92. The molecule has 19 heavy (non-hydrogen) atoms. The van der Waals surface area contributed by atoms with E-state index in [0.29, 0.717) is 0 Å². The Morgan fingerprint density at radius 2 is 1.74 bits per heavy atom. The lowest BCUT2D eigenvalue weighted by molar-refractivity contribution is 0.362. The first-order valence-electron chi connectivity index (χ1n) is 4.86. The Hall–Kier alpha value is -1.77. The van der Waals surface area contributed by atoms with Gasteiger partial charge in [-0.25, -0.2) is 0 Å². The number of rotatable bonds is 2. The summed E-state index contributed by atoms with van der Waals surface area (Å²) in [7, 11) is -8.74. The number of methoxy groups -OCH3 is 1. The van der Waals surface area contributed by atoms with E-state index in [-0.39, 0.29) is 22.7 Å². The summed E-state index contributed by atoms with van der Waals surface area (Å²) in [6.45, 7) is 0. The Balaban J connectivity index is 2.86. The molecule has 0 aliphatic rings. The zero-order chi connectivity index (χ0) is 14.5. The number of aromatic nitrogens is 1. The van der Waals surface area contributed by atoms with Crippen LogP contribution in [0.3, 0.4) is 0 Å². The predicted molar refractivity (Wildman–Crippen MR) is 62.5 cm³/mol. The standard InChI is InChI=1S/C10H8F5NO2S/c1-18-7-2-3-8-6(4-7)5-9(10(17)16-8)19(11,12,13,14)15/h2-5H,1H3,(H,16,17). The van der Waals surface area contributed by atoms with Crippen LogP contribution in [0, 0.1) is 0 Å². The fourth-order valence-electron chi connectivity index (χ4n) is 1.58. The van der Waals surface area contributed by atoms with E-state index in [1.165, 1.54) is 19.2 Å². The van der Waals surface area contributed by atoms with Crippen molar-refractivity contribution < 1.29 is 24.2 Å². The van der Waals surface area contributed by atoms with Gasteiger partial charge in [0.05, 0.1) is 7.11 Å². The summed E-state index contributed by atoms with van der Waals surface area (Å²) < 4.78 is 68.1. The molecule has 0 amide bonds. The van der Waals surface area contributed by atoms with E-state index in [0.717, 1.165) is 6.07 Å². The van der Waals surface area contributed by atoms with Crippen molar-refractivity contribution >= 4 is 21.1 Å². The Labute approximate surface area is 103 Å². The molecule has 2 aromatic rings. The van der Waals surface area contributed by atoms with Crippen molar-refractivity contribution in [2.75, 3.05) is 7.11 Å². The average molecular weight is 301 g/mol. The molecule has 0 spiro atoms. The summed E-state index contributed by atoms with van der Waals surface area (Å²) in [5.41, 5.74) is -1.85. The molecule has 1 N–H and O–H groups in total. The Morgan fingerprint density at radius 3 is 2.26 bits per heavy atom. The predicted octanol–water partition coefficient (Wildman–Crippen LogP) is 4.19. The zero-order valence-corrected chi connectivity index (χ0v) is 10.2. The second-order valence-electron chi connectivity index (χ2n) is 3.88. The van der Waals surface area contributed by atoms with E-state index in [4.69, 9.17) is 4.74 Å². The molecule has 0 bridgehead atoms. The molecule has 3 nitrogen and oxygen atoms in total. The highest BCUT2D eigenvalue weighted by molar-refractivity contribution is 8.45. The van der Waals surface area contributed by atoms with Gasteiger partial charge in [0, 0.05) is 10.9 Å². The maximum absolute atomic E-state index is 12.7. The van der Waals surface area contributed by atoms with Crippen molar-refractivity contribution in [2.24, 2.45) is 0 Å². The fraction of sp³-hybridized carbons (Fsp3) is 0.100. The maximum Gasteiger partial charge on any atom is 0.315 e. The smallest absolute Gasteiger partial charge is 0.315 e. The number of fused-ring (bicyclic) bond motifs is 1. The van der Waals surface area contributed by atoms with Gasteiger partial charge in [-0.3, -0.25) is 4.79 Å². The summed E-state index contributed by atoms with van der Waals surface area (Å²) in [6.07, 6.45) is 0. The number of H-pyrrole nitrogens is 1. The van der Waals surface area contributed by atoms with Gasteiger partial charge in [0.2, 0.25) is 0 Å². The zero-order valence-electron chi connectivity index (χ0n) is 9.42. The summed E-state index contributed by atoms with van der Waals surface area (Å²) >= 11 is 0. The minimum absolute atomic E-state index is 0.0106. The lowest BCUT2D eigenvalue weighted by atomic mass is 10.2. The van der Waals surface area contributed by atoms with Crippen LogP contribution in [0.2, 0.25) is 0 Å². The second kappa shape index (κ2) is 3.21. The molecule has 106 valence electrons. The lowest BCUT2D eigenvalue weighted by Crippen LogP contribution is -2.20. The van der Waals surface area contributed by atoms with Gasteiger partial charge < -0.3 is 9.72 Å². The Morgan fingerprint density at radius 1 is 1.11 bits per heavy atom. The van der Waals surface area contributed by atoms with Crippen LogP contribution in [0.4, 0.5) is 19.4 Å². The van der Waals surface area contributed by atoms with Crippen LogP contribution in [-0.2, 0) is 0 Å². The first-order chi connectivity index (χ1) is 8.40. The molecule has 1 heterocycles. The van der Waals surface area contributed by atoms with Crippen LogP contribution < -0.4 is 10.3 Å².